The minimum Gasteiger partial charge on any atom is -0.360 e. The predicted molar refractivity (Wildman–Crippen MR) is 62.3 cm³/mol. The van der Waals surface area contributed by atoms with Gasteiger partial charge in [-0.2, -0.15) is 0 Å². The van der Waals surface area contributed by atoms with E-state index in [1.807, 2.05) is 13.1 Å². The first-order valence-electron chi connectivity index (χ1n) is 4.93. The average Bonchev–Trinajstić information content (AvgIpc) is 2.15. The molecule has 1 aromatic rings. The summed E-state index contributed by atoms with van der Waals surface area (Å²) in [5.41, 5.74) is 1.24. The Labute approximate surface area is 90.9 Å². The molecule has 0 radical (unpaired) electrons. The fourth-order valence-corrected chi connectivity index (χ4v) is 1.41. The van der Waals surface area contributed by atoms with Crippen molar-refractivity contribution in [2.75, 3.05) is 18.5 Å². The molecule has 0 atom stereocenters. The van der Waals surface area contributed by atoms with Crippen LogP contribution in [0.1, 0.15) is 32.3 Å². The normalized spacial score (nSPS) is 10.7. The fourth-order valence-electron chi connectivity index (χ4n) is 1.19. The minimum atomic E-state index is 0.486. The molecule has 0 N–H and O–H groups in total. The summed E-state index contributed by atoms with van der Waals surface area (Å²) in [5.74, 6) is 1.43. The lowest BCUT2D eigenvalue weighted by atomic mass is 10.1. The molecule has 0 spiro atoms. The van der Waals surface area contributed by atoms with Crippen LogP contribution in [0.4, 0.5) is 5.82 Å². The zero-order valence-corrected chi connectivity index (χ0v) is 9.97. The lowest BCUT2D eigenvalue weighted by molar-refractivity contribution is 0.854. The van der Waals surface area contributed by atoms with Crippen LogP contribution in [0, 0.1) is 0 Å². The molecule has 0 saturated carbocycles. The Morgan fingerprint density at radius 2 is 2.07 bits per heavy atom. The summed E-state index contributed by atoms with van der Waals surface area (Å²) >= 11 is 5.96. The number of halogens is 1. The standard InChI is InChI=1S/C11H17ClN2/c1-5-14(4)11-7-9(8(2)3)6-10(12)13-11/h6-8H,5H2,1-4H3. The van der Waals surface area contributed by atoms with E-state index in [1.54, 1.807) is 0 Å². The third-order valence-electron chi connectivity index (χ3n) is 2.33. The molecule has 0 amide bonds. The Bertz CT molecular complexity index is 310. The quantitative estimate of drug-likeness (QED) is 0.715. The van der Waals surface area contributed by atoms with Crippen LogP contribution < -0.4 is 4.90 Å². The number of anilines is 1. The van der Waals surface area contributed by atoms with E-state index in [1.165, 1.54) is 5.56 Å². The van der Waals surface area contributed by atoms with Crippen molar-refractivity contribution < 1.29 is 0 Å². The van der Waals surface area contributed by atoms with E-state index in [-0.39, 0.29) is 0 Å². The summed E-state index contributed by atoms with van der Waals surface area (Å²) in [6.07, 6.45) is 0. The molecule has 0 saturated heterocycles. The van der Waals surface area contributed by atoms with Gasteiger partial charge in [-0.05, 0) is 30.5 Å². The van der Waals surface area contributed by atoms with E-state index in [0.717, 1.165) is 12.4 Å². The van der Waals surface area contributed by atoms with Crippen molar-refractivity contribution in [3.8, 4) is 0 Å². The highest BCUT2D eigenvalue weighted by molar-refractivity contribution is 6.29. The van der Waals surface area contributed by atoms with Gasteiger partial charge in [-0.1, -0.05) is 25.4 Å². The highest BCUT2D eigenvalue weighted by atomic mass is 35.5. The lowest BCUT2D eigenvalue weighted by Gasteiger charge is -2.17. The van der Waals surface area contributed by atoms with Gasteiger partial charge in [0.05, 0.1) is 0 Å². The van der Waals surface area contributed by atoms with Crippen molar-refractivity contribution in [3.63, 3.8) is 0 Å². The third kappa shape index (κ3) is 2.61. The van der Waals surface area contributed by atoms with E-state index in [2.05, 4.69) is 36.7 Å². The van der Waals surface area contributed by atoms with Gasteiger partial charge in [-0.25, -0.2) is 4.98 Å². The summed E-state index contributed by atoms with van der Waals surface area (Å²) in [6.45, 7) is 7.34. The van der Waals surface area contributed by atoms with Crippen molar-refractivity contribution in [2.45, 2.75) is 26.7 Å². The van der Waals surface area contributed by atoms with Crippen LogP contribution in [0.15, 0.2) is 12.1 Å². The van der Waals surface area contributed by atoms with Crippen LogP contribution in [0.25, 0.3) is 0 Å². The number of rotatable bonds is 3. The second-order valence-electron chi connectivity index (χ2n) is 3.75. The van der Waals surface area contributed by atoms with E-state index < -0.39 is 0 Å². The summed E-state index contributed by atoms with van der Waals surface area (Å²) in [6, 6.07) is 4.03. The van der Waals surface area contributed by atoms with Crippen molar-refractivity contribution in [1.29, 1.82) is 0 Å². The van der Waals surface area contributed by atoms with Gasteiger partial charge < -0.3 is 4.90 Å². The van der Waals surface area contributed by atoms with Gasteiger partial charge >= 0.3 is 0 Å². The SMILES string of the molecule is CCN(C)c1cc(C(C)C)cc(Cl)n1. The molecule has 0 aliphatic carbocycles. The number of hydrogen-bond donors (Lipinski definition) is 0. The first-order valence-corrected chi connectivity index (χ1v) is 5.31. The Morgan fingerprint density at radius 3 is 2.57 bits per heavy atom. The molecule has 0 aromatic carbocycles. The van der Waals surface area contributed by atoms with Crippen molar-refractivity contribution >= 4 is 17.4 Å². The van der Waals surface area contributed by atoms with Crippen LogP contribution in [-0.4, -0.2) is 18.6 Å². The third-order valence-corrected chi connectivity index (χ3v) is 2.53. The zero-order valence-electron chi connectivity index (χ0n) is 9.21. The molecule has 1 rings (SSSR count). The molecule has 1 heterocycles. The Balaban J connectivity index is 3.07. The zero-order chi connectivity index (χ0) is 10.7. The maximum Gasteiger partial charge on any atom is 0.131 e. The maximum absolute atomic E-state index is 5.96. The largest absolute Gasteiger partial charge is 0.360 e. The molecule has 0 bridgehead atoms. The molecule has 1 aromatic heterocycles. The molecular weight excluding hydrogens is 196 g/mol. The van der Waals surface area contributed by atoms with E-state index in [9.17, 15) is 0 Å². The van der Waals surface area contributed by atoms with Gasteiger partial charge in [0.15, 0.2) is 0 Å². The van der Waals surface area contributed by atoms with Crippen LogP contribution >= 0.6 is 11.6 Å². The van der Waals surface area contributed by atoms with Gasteiger partial charge in [0.2, 0.25) is 0 Å². The Hall–Kier alpha value is -0.760. The number of aromatic nitrogens is 1. The molecule has 14 heavy (non-hydrogen) atoms. The number of nitrogens with zero attached hydrogens (tertiary/aromatic N) is 2. The topological polar surface area (TPSA) is 16.1 Å². The van der Waals surface area contributed by atoms with Gasteiger partial charge in [-0.3, -0.25) is 0 Å². The van der Waals surface area contributed by atoms with Crippen LogP contribution in [0.5, 0.6) is 0 Å². The minimum absolute atomic E-state index is 0.486. The van der Waals surface area contributed by atoms with Gasteiger partial charge in [0.1, 0.15) is 11.0 Å². The van der Waals surface area contributed by atoms with Gasteiger partial charge in [0, 0.05) is 13.6 Å². The van der Waals surface area contributed by atoms with E-state index >= 15 is 0 Å². The van der Waals surface area contributed by atoms with E-state index in [4.69, 9.17) is 11.6 Å². The average molecular weight is 213 g/mol. The molecule has 0 unspecified atom stereocenters. The highest BCUT2D eigenvalue weighted by Crippen LogP contribution is 2.22. The van der Waals surface area contributed by atoms with Crippen LogP contribution in [0.2, 0.25) is 5.15 Å². The summed E-state index contributed by atoms with van der Waals surface area (Å²) in [7, 11) is 2.02. The smallest absolute Gasteiger partial charge is 0.131 e. The summed E-state index contributed by atoms with van der Waals surface area (Å²) in [5, 5.41) is 0.575. The van der Waals surface area contributed by atoms with Gasteiger partial charge in [0.25, 0.3) is 0 Å². The number of pyridine rings is 1. The second kappa shape index (κ2) is 4.65. The molecule has 78 valence electrons. The predicted octanol–water partition coefficient (Wildman–Crippen LogP) is 3.31. The molecule has 2 nitrogen and oxygen atoms in total. The lowest BCUT2D eigenvalue weighted by Crippen LogP contribution is -2.17. The van der Waals surface area contributed by atoms with E-state index in [0.29, 0.717) is 11.1 Å². The summed E-state index contributed by atoms with van der Waals surface area (Å²) < 4.78 is 0. The first kappa shape index (κ1) is 11.3. The Morgan fingerprint density at radius 1 is 1.43 bits per heavy atom. The molecule has 3 heteroatoms. The maximum atomic E-state index is 5.96. The van der Waals surface area contributed by atoms with Crippen LogP contribution in [-0.2, 0) is 0 Å². The Kier molecular flexibility index (Phi) is 3.76. The molecular formula is C11H17ClN2. The number of hydrogen-bond acceptors (Lipinski definition) is 2. The molecule has 0 aliphatic rings. The highest BCUT2D eigenvalue weighted by Gasteiger charge is 2.06. The van der Waals surface area contributed by atoms with Gasteiger partial charge in [-0.15, -0.1) is 0 Å². The van der Waals surface area contributed by atoms with Crippen molar-refractivity contribution in [3.05, 3.63) is 22.8 Å². The second-order valence-corrected chi connectivity index (χ2v) is 4.14. The molecule has 0 fully saturated rings. The fraction of sp³-hybridized carbons (Fsp3) is 0.545. The monoisotopic (exact) mass is 212 g/mol. The van der Waals surface area contributed by atoms with Crippen LogP contribution in [0.3, 0.4) is 0 Å². The van der Waals surface area contributed by atoms with Crippen molar-refractivity contribution in [2.24, 2.45) is 0 Å². The summed E-state index contributed by atoms with van der Waals surface area (Å²) in [4.78, 5) is 6.36. The first-order chi connectivity index (χ1) is 6.54. The van der Waals surface area contributed by atoms with Crippen molar-refractivity contribution in [1.82, 2.24) is 4.98 Å². The molecule has 0 aliphatic heterocycles.